The first-order chi connectivity index (χ1) is 9.12. The van der Waals surface area contributed by atoms with Gasteiger partial charge in [-0.25, -0.2) is 0 Å². The van der Waals surface area contributed by atoms with Crippen LogP contribution in [-0.2, 0) is 0 Å². The Balaban J connectivity index is 5.74. The molecular weight excluding hydrogens is 250 g/mol. The molecule has 0 radical (unpaired) electrons. The molecule has 0 aromatic carbocycles. The molecule has 0 fully saturated rings. The molecular formula is C15H35N3Si. The largest absolute Gasteiger partial charge is 0.277 e. The maximum absolute atomic E-state index is 4.08. The normalized spacial score (nSPS) is 13.3. The summed E-state index contributed by atoms with van der Waals surface area (Å²) in [5.41, 5.74) is 2.34. The zero-order valence-electron chi connectivity index (χ0n) is 14.1. The Morgan fingerprint density at radius 3 is 1.16 bits per heavy atom. The van der Waals surface area contributed by atoms with Crippen molar-refractivity contribution in [2.45, 2.75) is 47.0 Å². The lowest BCUT2D eigenvalue weighted by atomic mass is 10.3. The van der Waals surface area contributed by atoms with E-state index in [1.165, 1.54) is 0 Å². The van der Waals surface area contributed by atoms with Crippen LogP contribution < -0.4 is 0 Å². The lowest BCUT2D eigenvalue weighted by molar-refractivity contribution is -0.100. The van der Waals surface area contributed by atoms with E-state index in [0.717, 1.165) is 39.3 Å². The fourth-order valence-electron chi connectivity index (χ4n) is 3.37. The lowest BCUT2D eigenvalue weighted by Crippen LogP contribution is -2.73. The molecule has 0 N–H and O–H groups in total. The predicted molar refractivity (Wildman–Crippen MR) is 90.2 cm³/mol. The molecule has 0 aromatic heterocycles. The van der Waals surface area contributed by atoms with E-state index >= 15 is 0 Å². The van der Waals surface area contributed by atoms with E-state index in [1.807, 2.05) is 0 Å². The molecule has 0 amide bonds. The first kappa shape index (κ1) is 18.8. The molecule has 4 heteroatoms. The predicted octanol–water partition coefficient (Wildman–Crippen LogP) is 1.94. The van der Waals surface area contributed by atoms with Gasteiger partial charge in [0.2, 0.25) is 0 Å². The molecule has 3 nitrogen and oxygen atoms in total. The Morgan fingerprint density at radius 1 is 0.737 bits per heavy atom. The number of nitrogens with zero attached hydrogens (tertiary/aromatic N) is 3. The van der Waals surface area contributed by atoms with Crippen molar-refractivity contribution in [2.75, 3.05) is 39.3 Å². The molecule has 0 saturated carbocycles. The standard InChI is InChI=1S/C15H35N3Si/c1-8-16(9-2)15(19-14-7,17(10-3)11-4)18(12-5)13-6/h14H,7-13,19H2,1-6H3. The quantitative estimate of drug-likeness (QED) is 0.424. The van der Waals surface area contributed by atoms with Gasteiger partial charge in [0.1, 0.15) is 14.9 Å². The second kappa shape index (κ2) is 9.70. The highest BCUT2D eigenvalue weighted by Gasteiger charge is 2.42. The van der Waals surface area contributed by atoms with Crippen LogP contribution in [0.4, 0.5) is 0 Å². The average Bonchev–Trinajstić information content (AvgIpc) is 2.42. The minimum absolute atomic E-state index is 0.123. The van der Waals surface area contributed by atoms with Gasteiger partial charge in [-0.3, -0.25) is 14.7 Å². The van der Waals surface area contributed by atoms with Gasteiger partial charge in [-0.1, -0.05) is 41.5 Å². The van der Waals surface area contributed by atoms with Crippen LogP contribution in [0.15, 0.2) is 12.3 Å². The first-order valence-electron chi connectivity index (χ1n) is 7.98. The van der Waals surface area contributed by atoms with E-state index < -0.39 is 9.52 Å². The summed E-state index contributed by atoms with van der Waals surface area (Å²) in [5.74, 6) is 0. The van der Waals surface area contributed by atoms with Gasteiger partial charge < -0.3 is 0 Å². The van der Waals surface area contributed by atoms with Crippen molar-refractivity contribution in [3.63, 3.8) is 0 Å². The molecule has 0 saturated heterocycles. The minimum atomic E-state index is -0.438. The number of hydrogen-bond donors (Lipinski definition) is 0. The Kier molecular flexibility index (Phi) is 9.61. The Bertz CT molecular complexity index is 202. The summed E-state index contributed by atoms with van der Waals surface area (Å²) in [6.07, 6.45) is 0. The van der Waals surface area contributed by atoms with Crippen LogP contribution in [0.5, 0.6) is 0 Å². The van der Waals surface area contributed by atoms with Crippen molar-refractivity contribution >= 4 is 9.52 Å². The fraction of sp³-hybridized carbons (Fsp3) is 0.867. The van der Waals surface area contributed by atoms with Crippen molar-refractivity contribution in [3.8, 4) is 0 Å². The van der Waals surface area contributed by atoms with Gasteiger partial charge in [0, 0.05) is 0 Å². The zero-order chi connectivity index (χ0) is 14.9. The van der Waals surface area contributed by atoms with E-state index in [4.69, 9.17) is 0 Å². The Morgan fingerprint density at radius 2 is 1.00 bits per heavy atom. The van der Waals surface area contributed by atoms with Crippen LogP contribution in [0, 0.1) is 0 Å². The molecule has 0 bridgehead atoms. The zero-order valence-corrected chi connectivity index (χ0v) is 15.5. The first-order valence-corrected chi connectivity index (χ1v) is 9.50. The van der Waals surface area contributed by atoms with E-state index in [9.17, 15) is 0 Å². The summed E-state index contributed by atoms with van der Waals surface area (Å²) in [6.45, 7) is 24.4. The third-order valence-corrected chi connectivity index (χ3v) is 6.41. The average molecular weight is 286 g/mol. The molecule has 0 aliphatic rings. The van der Waals surface area contributed by atoms with Gasteiger partial charge in [0.05, 0.1) is 0 Å². The van der Waals surface area contributed by atoms with E-state index in [-0.39, 0.29) is 5.41 Å². The van der Waals surface area contributed by atoms with Crippen molar-refractivity contribution in [3.05, 3.63) is 12.3 Å². The highest BCUT2D eigenvalue weighted by Crippen LogP contribution is 2.24. The topological polar surface area (TPSA) is 9.72 Å². The monoisotopic (exact) mass is 285 g/mol. The van der Waals surface area contributed by atoms with Crippen LogP contribution in [-0.4, -0.2) is 68.9 Å². The highest BCUT2D eigenvalue weighted by atomic mass is 28.2. The molecule has 0 spiro atoms. The lowest BCUT2D eigenvalue weighted by Gasteiger charge is -2.56. The summed E-state index contributed by atoms with van der Waals surface area (Å²) in [7, 11) is -0.438. The Labute approximate surface area is 123 Å². The van der Waals surface area contributed by atoms with Gasteiger partial charge in [-0.05, 0) is 39.3 Å². The molecule has 0 rings (SSSR count). The molecule has 0 aliphatic heterocycles. The van der Waals surface area contributed by atoms with Crippen molar-refractivity contribution in [2.24, 2.45) is 0 Å². The van der Waals surface area contributed by atoms with Crippen molar-refractivity contribution in [1.29, 1.82) is 0 Å². The fourth-order valence-corrected chi connectivity index (χ4v) is 5.87. The SMILES string of the molecule is C=C[SiH2]C(N(CC)CC)(N(CC)CC)N(CC)CC. The van der Waals surface area contributed by atoms with Crippen LogP contribution >= 0.6 is 0 Å². The molecule has 0 heterocycles. The molecule has 0 atom stereocenters. The van der Waals surface area contributed by atoms with Crippen LogP contribution in [0.2, 0.25) is 0 Å². The van der Waals surface area contributed by atoms with Gasteiger partial charge >= 0.3 is 0 Å². The summed E-state index contributed by atoms with van der Waals surface area (Å²) < 4.78 is 0. The minimum Gasteiger partial charge on any atom is -0.277 e. The van der Waals surface area contributed by atoms with Gasteiger partial charge in [0.15, 0.2) is 0 Å². The second-order valence-corrected chi connectivity index (χ2v) is 6.72. The maximum Gasteiger partial charge on any atom is 0.112 e. The molecule has 0 aliphatic carbocycles. The highest BCUT2D eigenvalue weighted by molar-refractivity contribution is 6.45. The summed E-state index contributed by atoms with van der Waals surface area (Å²) >= 11 is 0. The summed E-state index contributed by atoms with van der Waals surface area (Å²) in [6, 6.07) is 0. The second-order valence-electron chi connectivity index (χ2n) is 4.78. The maximum atomic E-state index is 4.08. The van der Waals surface area contributed by atoms with Gasteiger partial charge in [-0.2, -0.15) is 0 Å². The van der Waals surface area contributed by atoms with Crippen LogP contribution in [0.25, 0.3) is 0 Å². The van der Waals surface area contributed by atoms with Crippen LogP contribution in [0.3, 0.4) is 0 Å². The van der Waals surface area contributed by atoms with Gasteiger partial charge in [-0.15, -0.1) is 12.3 Å². The van der Waals surface area contributed by atoms with E-state index in [1.54, 1.807) is 0 Å². The van der Waals surface area contributed by atoms with Crippen LogP contribution in [0.1, 0.15) is 41.5 Å². The van der Waals surface area contributed by atoms with Crippen molar-refractivity contribution in [1.82, 2.24) is 14.7 Å². The van der Waals surface area contributed by atoms with E-state index in [2.05, 4.69) is 68.5 Å². The summed E-state index contributed by atoms with van der Waals surface area (Å²) in [5, 5.41) is 0. The smallest absolute Gasteiger partial charge is 0.112 e. The Hall–Kier alpha value is -0.163. The molecule has 114 valence electrons. The van der Waals surface area contributed by atoms with Crippen molar-refractivity contribution < 1.29 is 0 Å². The van der Waals surface area contributed by atoms with Gasteiger partial charge in [0.25, 0.3) is 0 Å². The van der Waals surface area contributed by atoms with E-state index in [0.29, 0.717) is 0 Å². The third-order valence-electron chi connectivity index (χ3n) is 4.23. The molecule has 0 aromatic rings. The summed E-state index contributed by atoms with van der Waals surface area (Å²) in [4.78, 5) is 7.92. The number of rotatable bonds is 11. The number of hydrogen-bond acceptors (Lipinski definition) is 3. The third kappa shape index (κ3) is 3.91. The molecule has 19 heavy (non-hydrogen) atoms. The molecule has 0 unspecified atom stereocenters.